The lowest BCUT2D eigenvalue weighted by molar-refractivity contribution is 0.0983. The van der Waals surface area contributed by atoms with E-state index in [1.807, 2.05) is 13.8 Å². The molecule has 0 aliphatic heterocycles. The van der Waals surface area contributed by atoms with Gasteiger partial charge in [-0.05, 0) is 43.4 Å². The number of aromatic nitrogens is 1. The molecule has 0 saturated carbocycles. The number of nitrogens with zero attached hydrogens (tertiary/aromatic N) is 3. The van der Waals surface area contributed by atoms with Gasteiger partial charge in [0.1, 0.15) is 5.52 Å². The second-order valence-corrected chi connectivity index (χ2v) is 12.7. The number of carbonyl (C=O) groups excluding carboxylic acids is 1. The van der Waals surface area contributed by atoms with E-state index in [4.69, 9.17) is 0 Å². The number of hydrogen-bond acceptors (Lipinski definition) is 8. The van der Waals surface area contributed by atoms with E-state index in [9.17, 15) is 21.6 Å². The molecular weight excluding hydrogens is 518 g/mol. The molecule has 0 spiro atoms. The van der Waals surface area contributed by atoms with Gasteiger partial charge in [0.15, 0.2) is 24.8 Å². The molecule has 0 unspecified atom stereocenters. The zero-order valence-electron chi connectivity index (χ0n) is 19.4. The van der Waals surface area contributed by atoms with Gasteiger partial charge in [-0.3, -0.25) is 9.69 Å². The SMILES string of the molecule is CCN(CC)CCN(C(=O)c1cccc(S(C)(=O)=O)c1)c1nc2c(S(C)(=O)=O)cccc2s1.Cl. The van der Waals surface area contributed by atoms with Gasteiger partial charge >= 0.3 is 0 Å². The molecule has 3 rings (SSSR count). The van der Waals surface area contributed by atoms with Gasteiger partial charge in [0.25, 0.3) is 5.91 Å². The largest absolute Gasteiger partial charge is 0.302 e. The average Bonchev–Trinajstić information content (AvgIpc) is 3.19. The smallest absolute Gasteiger partial charge is 0.260 e. The highest BCUT2D eigenvalue weighted by Gasteiger charge is 2.24. The van der Waals surface area contributed by atoms with Gasteiger partial charge in [0.2, 0.25) is 0 Å². The number of rotatable bonds is 9. The molecule has 0 fully saturated rings. The molecule has 0 N–H and O–H groups in total. The lowest BCUT2D eigenvalue weighted by Crippen LogP contribution is -2.39. The standard InChI is InChI=1S/C22H27N3O5S3.ClH/c1-5-24(6-2)13-14-25(21(26)16-9-7-10-17(15-16)32(3,27)28)22-23-20-18(31-22)11-8-12-19(20)33(4,29)30;/h7-12,15H,5-6,13-14H2,1-4H3;1H. The lowest BCUT2D eigenvalue weighted by Gasteiger charge is -2.25. The molecule has 0 aliphatic rings. The fourth-order valence-corrected chi connectivity index (χ4v) is 5.99. The maximum Gasteiger partial charge on any atom is 0.260 e. The molecule has 0 radical (unpaired) electrons. The molecule has 34 heavy (non-hydrogen) atoms. The van der Waals surface area contributed by atoms with Gasteiger partial charge in [0, 0.05) is 31.2 Å². The molecule has 0 bridgehead atoms. The summed E-state index contributed by atoms with van der Waals surface area (Å²) >= 11 is 1.23. The van der Waals surface area contributed by atoms with Gasteiger partial charge in [-0.2, -0.15) is 0 Å². The van der Waals surface area contributed by atoms with Crippen molar-refractivity contribution in [3.05, 3.63) is 48.0 Å². The van der Waals surface area contributed by atoms with Crippen LogP contribution in [0.1, 0.15) is 24.2 Å². The topological polar surface area (TPSA) is 105 Å². The van der Waals surface area contributed by atoms with E-state index in [0.717, 1.165) is 25.6 Å². The summed E-state index contributed by atoms with van der Waals surface area (Å²) in [5.41, 5.74) is 0.547. The normalized spacial score (nSPS) is 12.0. The zero-order chi connectivity index (χ0) is 24.4. The van der Waals surface area contributed by atoms with Crippen LogP contribution in [0.3, 0.4) is 0 Å². The van der Waals surface area contributed by atoms with Crippen LogP contribution < -0.4 is 4.90 Å². The fourth-order valence-electron chi connectivity index (χ4n) is 3.41. The Morgan fingerprint density at radius 2 is 1.59 bits per heavy atom. The number of thiazole rings is 1. The Morgan fingerprint density at radius 1 is 0.941 bits per heavy atom. The van der Waals surface area contributed by atoms with Crippen LogP contribution >= 0.6 is 23.7 Å². The number of likely N-dealkylation sites (N-methyl/N-ethyl adjacent to an activating group) is 1. The minimum absolute atomic E-state index is 0. The molecule has 0 aliphatic carbocycles. The molecule has 186 valence electrons. The van der Waals surface area contributed by atoms with Gasteiger partial charge < -0.3 is 4.90 Å². The predicted octanol–water partition coefficient (Wildman–Crippen LogP) is 3.51. The van der Waals surface area contributed by atoms with Gasteiger partial charge in [-0.15, -0.1) is 12.4 Å². The second kappa shape index (κ2) is 11.1. The molecule has 1 aromatic heterocycles. The van der Waals surface area contributed by atoms with E-state index >= 15 is 0 Å². The van der Waals surface area contributed by atoms with E-state index < -0.39 is 25.6 Å². The van der Waals surface area contributed by atoms with E-state index in [-0.39, 0.29) is 27.8 Å². The summed E-state index contributed by atoms with van der Waals surface area (Å²) in [7, 11) is -6.99. The van der Waals surface area contributed by atoms with Crippen molar-refractivity contribution in [2.75, 3.05) is 43.6 Å². The number of halogens is 1. The molecule has 1 heterocycles. The van der Waals surface area contributed by atoms with Crippen LogP contribution in [0, 0.1) is 0 Å². The van der Waals surface area contributed by atoms with Gasteiger partial charge in [-0.1, -0.05) is 37.3 Å². The Morgan fingerprint density at radius 3 is 2.18 bits per heavy atom. The highest BCUT2D eigenvalue weighted by Crippen LogP contribution is 2.33. The second-order valence-electron chi connectivity index (χ2n) is 7.66. The molecular formula is C22H28ClN3O5S3. The number of amides is 1. The molecule has 3 aromatic rings. The van der Waals surface area contributed by atoms with Gasteiger partial charge in [0.05, 0.1) is 14.5 Å². The van der Waals surface area contributed by atoms with E-state index in [1.54, 1.807) is 18.2 Å². The molecule has 8 nitrogen and oxygen atoms in total. The highest BCUT2D eigenvalue weighted by molar-refractivity contribution is 7.91. The average molecular weight is 546 g/mol. The summed E-state index contributed by atoms with van der Waals surface area (Å²) in [6.07, 6.45) is 2.22. The van der Waals surface area contributed by atoms with Crippen molar-refractivity contribution in [1.29, 1.82) is 0 Å². The number of para-hydroxylation sites is 1. The Labute approximate surface area is 210 Å². The van der Waals surface area contributed by atoms with E-state index in [2.05, 4.69) is 9.88 Å². The van der Waals surface area contributed by atoms with Gasteiger partial charge in [-0.25, -0.2) is 21.8 Å². The Hall–Kier alpha value is -2.05. The van der Waals surface area contributed by atoms with E-state index in [1.165, 1.54) is 40.5 Å². The zero-order valence-corrected chi connectivity index (χ0v) is 22.7. The van der Waals surface area contributed by atoms with Crippen LogP contribution in [0.4, 0.5) is 5.13 Å². The monoisotopic (exact) mass is 545 g/mol. The summed E-state index contributed by atoms with van der Waals surface area (Å²) in [4.78, 5) is 21.9. The van der Waals surface area contributed by atoms with Crippen molar-refractivity contribution < 1.29 is 21.6 Å². The quantitative estimate of drug-likeness (QED) is 0.405. The summed E-state index contributed by atoms with van der Waals surface area (Å²) in [6.45, 7) is 6.57. The van der Waals surface area contributed by atoms with Crippen LogP contribution in [0.2, 0.25) is 0 Å². The lowest BCUT2D eigenvalue weighted by atomic mass is 10.2. The number of sulfone groups is 2. The first-order valence-corrected chi connectivity index (χ1v) is 15.0. The summed E-state index contributed by atoms with van der Waals surface area (Å²) in [5.74, 6) is -0.396. The summed E-state index contributed by atoms with van der Waals surface area (Å²) in [6, 6.07) is 10.8. The minimum atomic E-state index is -3.50. The maximum atomic E-state index is 13.5. The molecule has 2 aromatic carbocycles. The van der Waals surface area contributed by atoms with Crippen molar-refractivity contribution in [2.24, 2.45) is 0 Å². The van der Waals surface area contributed by atoms with Crippen LogP contribution in [0.25, 0.3) is 10.2 Å². The fraction of sp³-hybridized carbons (Fsp3) is 0.364. The molecule has 12 heteroatoms. The van der Waals surface area contributed by atoms with Crippen molar-refractivity contribution >= 4 is 64.7 Å². The van der Waals surface area contributed by atoms with Crippen LogP contribution in [-0.2, 0) is 19.7 Å². The third kappa shape index (κ3) is 6.33. The number of fused-ring (bicyclic) bond motifs is 1. The molecule has 0 saturated heterocycles. The molecule has 0 atom stereocenters. The number of anilines is 1. The molecule has 1 amide bonds. The van der Waals surface area contributed by atoms with Crippen LogP contribution in [-0.4, -0.2) is 71.3 Å². The minimum Gasteiger partial charge on any atom is -0.302 e. The van der Waals surface area contributed by atoms with Crippen molar-refractivity contribution in [3.63, 3.8) is 0 Å². The maximum absolute atomic E-state index is 13.5. The first-order valence-electron chi connectivity index (χ1n) is 10.4. The third-order valence-electron chi connectivity index (χ3n) is 5.29. The number of hydrogen-bond donors (Lipinski definition) is 0. The Kier molecular flexibility index (Phi) is 9.23. The summed E-state index contributed by atoms with van der Waals surface area (Å²) in [5, 5.41) is 0.364. The van der Waals surface area contributed by atoms with Crippen molar-refractivity contribution in [3.8, 4) is 0 Å². The van der Waals surface area contributed by atoms with Crippen molar-refractivity contribution in [2.45, 2.75) is 23.6 Å². The Bertz CT molecular complexity index is 1380. The predicted molar refractivity (Wildman–Crippen MR) is 139 cm³/mol. The number of carbonyl (C=O) groups is 1. The summed E-state index contributed by atoms with van der Waals surface area (Å²) < 4.78 is 49.1. The third-order valence-corrected chi connectivity index (χ3v) is 8.57. The Balaban J connectivity index is 0.00000408. The van der Waals surface area contributed by atoms with Crippen LogP contribution in [0.15, 0.2) is 52.3 Å². The van der Waals surface area contributed by atoms with Crippen LogP contribution in [0.5, 0.6) is 0 Å². The first-order chi connectivity index (χ1) is 15.5. The van der Waals surface area contributed by atoms with E-state index in [0.29, 0.717) is 28.4 Å². The number of benzene rings is 2. The van der Waals surface area contributed by atoms with Crippen molar-refractivity contribution in [1.82, 2.24) is 9.88 Å². The highest BCUT2D eigenvalue weighted by atomic mass is 35.5. The first kappa shape index (κ1) is 28.2.